The Kier molecular flexibility index (Phi) is 4.47. The largest absolute Gasteiger partial charge is 0.466 e. The Bertz CT molecular complexity index is 507. The first-order valence-electron chi connectivity index (χ1n) is 7.12. The maximum absolute atomic E-state index is 12.5. The highest BCUT2D eigenvalue weighted by atomic mass is 16.5. The fraction of sp³-hybridized carbons (Fsp3) is 0.600. The molecule has 1 aliphatic rings. The van der Waals surface area contributed by atoms with Crippen molar-refractivity contribution in [1.82, 2.24) is 9.47 Å². The van der Waals surface area contributed by atoms with Crippen molar-refractivity contribution in [2.45, 2.75) is 26.7 Å². The first-order valence-corrected chi connectivity index (χ1v) is 7.12. The molecule has 1 fully saturated rings. The molecule has 0 saturated carbocycles. The summed E-state index contributed by atoms with van der Waals surface area (Å²) in [5.74, 6) is -0.378. The van der Waals surface area contributed by atoms with E-state index in [0.717, 1.165) is 18.5 Å². The van der Waals surface area contributed by atoms with E-state index in [2.05, 4.69) is 0 Å². The molecule has 2 heterocycles. The van der Waals surface area contributed by atoms with E-state index in [-0.39, 0.29) is 17.8 Å². The van der Waals surface area contributed by atoms with Crippen LogP contribution >= 0.6 is 0 Å². The van der Waals surface area contributed by atoms with Gasteiger partial charge in [-0.25, -0.2) is 0 Å². The lowest BCUT2D eigenvalue weighted by atomic mass is 9.98. The van der Waals surface area contributed by atoms with Crippen LogP contribution in [0.1, 0.15) is 35.9 Å². The van der Waals surface area contributed by atoms with E-state index in [1.54, 1.807) is 11.8 Å². The number of piperidine rings is 1. The molecule has 0 unspecified atom stereocenters. The minimum absolute atomic E-state index is 0.00500. The van der Waals surface area contributed by atoms with Gasteiger partial charge >= 0.3 is 5.97 Å². The normalized spacial score (nSPS) is 18.9. The quantitative estimate of drug-likeness (QED) is 0.791. The van der Waals surface area contributed by atoms with E-state index in [0.29, 0.717) is 25.4 Å². The Hall–Kier alpha value is -1.78. The molecule has 1 aromatic heterocycles. The van der Waals surface area contributed by atoms with E-state index in [4.69, 9.17) is 4.74 Å². The van der Waals surface area contributed by atoms with Crippen LogP contribution in [0, 0.1) is 12.8 Å². The zero-order chi connectivity index (χ0) is 14.7. The first-order chi connectivity index (χ1) is 9.54. The summed E-state index contributed by atoms with van der Waals surface area (Å²) >= 11 is 0. The summed E-state index contributed by atoms with van der Waals surface area (Å²) in [6.45, 7) is 5.33. The summed E-state index contributed by atoms with van der Waals surface area (Å²) in [5.41, 5.74) is 1.72. The Labute approximate surface area is 119 Å². The second kappa shape index (κ2) is 6.11. The van der Waals surface area contributed by atoms with Gasteiger partial charge in [-0.05, 0) is 38.8 Å². The van der Waals surface area contributed by atoms with Gasteiger partial charge in [-0.2, -0.15) is 0 Å². The third kappa shape index (κ3) is 2.86. The molecule has 0 aliphatic carbocycles. The molecular formula is C15H22N2O3. The number of carbonyl (C=O) groups excluding carboxylic acids is 2. The van der Waals surface area contributed by atoms with Crippen molar-refractivity contribution in [2.24, 2.45) is 13.0 Å². The second-order valence-electron chi connectivity index (χ2n) is 5.26. The van der Waals surface area contributed by atoms with Crippen molar-refractivity contribution in [1.29, 1.82) is 0 Å². The summed E-state index contributed by atoms with van der Waals surface area (Å²) < 4.78 is 6.95. The smallest absolute Gasteiger partial charge is 0.310 e. The predicted octanol–water partition coefficient (Wildman–Crippen LogP) is 1.75. The molecule has 1 aromatic rings. The maximum Gasteiger partial charge on any atom is 0.310 e. The highest BCUT2D eigenvalue weighted by Crippen LogP contribution is 2.20. The summed E-state index contributed by atoms with van der Waals surface area (Å²) in [6, 6.07) is 3.77. The van der Waals surface area contributed by atoms with Crippen LogP contribution in [0.25, 0.3) is 0 Å². The van der Waals surface area contributed by atoms with E-state index >= 15 is 0 Å². The fourth-order valence-corrected chi connectivity index (χ4v) is 2.60. The standard InChI is InChI=1S/C15H22N2O3/c1-4-20-15(19)12-6-5-9-17(10-12)14(18)13-8-7-11(2)16(13)3/h7-8,12H,4-6,9-10H2,1-3H3/t12-/m1/s1. The number of likely N-dealkylation sites (tertiary alicyclic amines) is 1. The third-order valence-corrected chi connectivity index (χ3v) is 3.92. The molecule has 20 heavy (non-hydrogen) atoms. The van der Waals surface area contributed by atoms with E-state index in [1.165, 1.54) is 0 Å². The zero-order valence-corrected chi connectivity index (χ0v) is 12.4. The van der Waals surface area contributed by atoms with Crippen LogP contribution in [0.5, 0.6) is 0 Å². The van der Waals surface area contributed by atoms with Gasteiger partial charge in [-0.3, -0.25) is 9.59 Å². The maximum atomic E-state index is 12.5. The lowest BCUT2D eigenvalue weighted by molar-refractivity contribution is -0.149. The molecular weight excluding hydrogens is 256 g/mol. The van der Waals surface area contributed by atoms with Crippen LogP contribution < -0.4 is 0 Å². The number of hydrogen-bond donors (Lipinski definition) is 0. The fourth-order valence-electron chi connectivity index (χ4n) is 2.60. The number of nitrogens with zero attached hydrogens (tertiary/aromatic N) is 2. The summed E-state index contributed by atoms with van der Waals surface area (Å²) in [7, 11) is 1.88. The molecule has 2 rings (SSSR count). The minimum atomic E-state index is -0.187. The van der Waals surface area contributed by atoms with Crippen LogP contribution in [0.2, 0.25) is 0 Å². The van der Waals surface area contributed by atoms with E-state index in [1.807, 2.05) is 30.7 Å². The van der Waals surface area contributed by atoms with Gasteiger partial charge in [-0.15, -0.1) is 0 Å². The van der Waals surface area contributed by atoms with Gasteiger partial charge < -0.3 is 14.2 Å². The molecule has 1 aliphatic heterocycles. The van der Waals surface area contributed by atoms with Crippen molar-refractivity contribution in [3.8, 4) is 0 Å². The molecule has 1 amide bonds. The highest BCUT2D eigenvalue weighted by molar-refractivity contribution is 5.93. The van der Waals surface area contributed by atoms with Gasteiger partial charge in [0.1, 0.15) is 5.69 Å². The van der Waals surface area contributed by atoms with Crippen molar-refractivity contribution < 1.29 is 14.3 Å². The van der Waals surface area contributed by atoms with Gasteiger partial charge in [0.2, 0.25) is 0 Å². The molecule has 1 atom stereocenters. The average molecular weight is 278 g/mol. The molecule has 5 nitrogen and oxygen atoms in total. The number of ether oxygens (including phenoxy) is 1. The van der Waals surface area contributed by atoms with Crippen LogP contribution in [-0.2, 0) is 16.6 Å². The van der Waals surface area contributed by atoms with Crippen molar-refractivity contribution in [3.05, 3.63) is 23.5 Å². The Morgan fingerprint density at radius 2 is 2.15 bits per heavy atom. The minimum Gasteiger partial charge on any atom is -0.466 e. The molecule has 110 valence electrons. The van der Waals surface area contributed by atoms with Crippen molar-refractivity contribution >= 4 is 11.9 Å². The number of aryl methyl sites for hydroxylation is 1. The summed E-state index contributed by atoms with van der Waals surface area (Å²) in [4.78, 5) is 26.1. The van der Waals surface area contributed by atoms with Gasteiger partial charge in [0.25, 0.3) is 5.91 Å². The van der Waals surface area contributed by atoms with Gasteiger partial charge in [0, 0.05) is 25.8 Å². The Morgan fingerprint density at radius 3 is 2.75 bits per heavy atom. The van der Waals surface area contributed by atoms with Crippen LogP contribution in [0.3, 0.4) is 0 Å². The Balaban J connectivity index is 2.07. The number of esters is 1. The predicted molar refractivity (Wildman–Crippen MR) is 75.4 cm³/mol. The molecule has 0 radical (unpaired) electrons. The zero-order valence-electron chi connectivity index (χ0n) is 12.4. The number of carbonyl (C=O) groups is 2. The lowest BCUT2D eigenvalue weighted by Crippen LogP contribution is -2.43. The first kappa shape index (κ1) is 14.6. The number of hydrogen-bond acceptors (Lipinski definition) is 3. The van der Waals surface area contributed by atoms with Gasteiger partial charge in [0.15, 0.2) is 0 Å². The second-order valence-corrected chi connectivity index (χ2v) is 5.26. The molecule has 0 N–H and O–H groups in total. The molecule has 1 saturated heterocycles. The lowest BCUT2D eigenvalue weighted by Gasteiger charge is -2.31. The number of amides is 1. The molecule has 0 bridgehead atoms. The SMILES string of the molecule is CCOC(=O)[C@@H]1CCCN(C(=O)c2ccc(C)n2C)C1. The van der Waals surface area contributed by atoms with Crippen LogP contribution in [-0.4, -0.2) is 41.0 Å². The van der Waals surface area contributed by atoms with Crippen molar-refractivity contribution in [2.75, 3.05) is 19.7 Å². The van der Waals surface area contributed by atoms with Gasteiger partial charge in [-0.1, -0.05) is 0 Å². The monoisotopic (exact) mass is 278 g/mol. The van der Waals surface area contributed by atoms with Gasteiger partial charge in [0.05, 0.1) is 12.5 Å². The topological polar surface area (TPSA) is 51.5 Å². The highest BCUT2D eigenvalue weighted by Gasteiger charge is 2.30. The van der Waals surface area contributed by atoms with Crippen LogP contribution in [0.15, 0.2) is 12.1 Å². The molecule has 5 heteroatoms. The van der Waals surface area contributed by atoms with E-state index < -0.39 is 0 Å². The average Bonchev–Trinajstić information content (AvgIpc) is 2.79. The van der Waals surface area contributed by atoms with Crippen LogP contribution in [0.4, 0.5) is 0 Å². The summed E-state index contributed by atoms with van der Waals surface area (Å²) in [5, 5.41) is 0. The van der Waals surface area contributed by atoms with Crippen molar-refractivity contribution in [3.63, 3.8) is 0 Å². The molecule has 0 spiro atoms. The Morgan fingerprint density at radius 1 is 1.40 bits per heavy atom. The third-order valence-electron chi connectivity index (χ3n) is 3.92. The van der Waals surface area contributed by atoms with E-state index in [9.17, 15) is 9.59 Å². The summed E-state index contributed by atoms with van der Waals surface area (Å²) in [6.07, 6.45) is 1.65. The number of aromatic nitrogens is 1. The number of rotatable bonds is 3. The molecule has 0 aromatic carbocycles.